The Labute approximate surface area is 170 Å². The molecule has 1 amide bonds. The van der Waals surface area contributed by atoms with Gasteiger partial charge in [-0.2, -0.15) is 18.2 Å². The summed E-state index contributed by atoms with van der Waals surface area (Å²) in [6.07, 6.45) is -1.86. The number of likely N-dealkylation sites (N-methyl/N-ethyl adjacent to an activating group) is 1. The minimum atomic E-state index is -4.51. The average Bonchev–Trinajstić information content (AvgIpc) is 3.44. The van der Waals surface area contributed by atoms with Gasteiger partial charge in [0, 0.05) is 38.2 Å². The van der Waals surface area contributed by atoms with Crippen LogP contribution in [0.3, 0.4) is 0 Å². The highest BCUT2D eigenvalue weighted by molar-refractivity contribution is 6.00. The summed E-state index contributed by atoms with van der Waals surface area (Å²) in [6.45, 7) is 1.56. The number of nitrogens with zero attached hydrogens (tertiary/aromatic N) is 3. The van der Waals surface area contributed by atoms with Crippen LogP contribution in [0.1, 0.15) is 59.9 Å². The first kappa shape index (κ1) is 21.7. The molecule has 0 spiro atoms. The fraction of sp³-hybridized carbons (Fsp3) is 0.526. The molecule has 1 N–H and O–H groups in total. The summed E-state index contributed by atoms with van der Waals surface area (Å²) < 4.78 is 47.7. The van der Waals surface area contributed by atoms with Crippen LogP contribution < -0.4 is 10.1 Å². The van der Waals surface area contributed by atoms with Crippen LogP contribution in [0.5, 0.6) is 5.75 Å². The molecule has 3 rings (SSSR count). The lowest BCUT2D eigenvalue weighted by molar-refractivity contribution is -0.153. The Hall–Kier alpha value is -2.98. The number of aromatic nitrogens is 3. The zero-order chi connectivity index (χ0) is 22.1. The normalized spacial score (nSPS) is 16.1. The van der Waals surface area contributed by atoms with Crippen molar-refractivity contribution in [1.82, 2.24) is 20.4 Å². The van der Waals surface area contributed by atoms with E-state index >= 15 is 0 Å². The molecule has 162 valence electrons. The van der Waals surface area contributed by atoms with Gasteiger partial charge in [0.1, 0.15) is 16.9 Å². The molecule has 1 unspecified atom stereocenters. The fourth-order valence-corrected chi connectivity index (χ4v) is 3.06. The maximum atomic E-state index is 12.9. The third-order valence-corrected chi connectivity index (χ3v) is 4.85. The Kier molecular flexibility index (Phi) is 5.82. The Balaban J connectivity index is 1.88. The van der Waals surface area contributed by atoms with Crippen molar-refractivity contribution < 1.29 is 32.0 Å². The van der Waals surface area contributed by atoms with Crippen LogP contribution in [0.15, 0.2) is 16.8 Å². The number of hydrogen-bond acceptors (Lipinski definition) is 7. The minimum absolute atomic E-state index is 0.0229. The topological polar surface area (TPSA) is 107 Å². The number of ketones is 1. The van der Waals surface area contributed by atoms with Gasteiger partial charge in [-0.1, -0.05) is 5.16 Å². The molecule has 0 aliphatic heterocycles. The first-order valence-electron chi connectivity index (χ1n) is 9.29. The lowest BCUT2D eigenvalue weighted by atomic mass is 9.82. The highest BCUT2D eigenvalue weighted by atomic mass is 19.4. The van der Waals surface area contributed by atoms with Crippen LogP contribution in [-0.4, -0.2) is 46.6 Å². The predicted octanol–water partition coefficient (Wildman–Crippen LogP) is 2.87. The van der Waals surface area contributed by atoms with Crippen molar-refractivity contribution in [1.29, 1.82) is 0 Å². The summed E-state index contributed by atoms with van der Waals surface area (Å²) in [4.78, 5) is 33.6. The van der Waals surface area contributed by atoms with E-state index < -0.39 is 29.9 Å². The van der Waals surface area contributed by atoms with Crippen LogP contribution in [0.2, 0.25) is 0 Å². The number of carbonyl (C=O) groups excluding carboxylic acids is 2. The van der Waals surface area contributed by atoms with E-state index in [1.807, 2.05) is 0 Å². The number of halogens is 3. The van der Waals surface area contributed by atoms with Gasteiger partial charge in [-0.05, 0) is 25.7 Å². The van der Waals surface area contributed by atoms with Crippen LogP contribution in [0, 0.1) is 6.92 Å². The highest BCUT2D eigenvalue weighted by Crippen LogP contribution is 2.44. The Bertz CT molecular complexity index is 955. The van der Waals surface area contributed by atoms with Gasteiger partial charge in [-0.3, -0.25) is 14.6 Å². The molecule has 1 saturated carbocycles. The maximum absolute atomic E-state index is 12.9. The summed E-state index contributed by atoms with van der Waals surface area (Å²) in [6, 6.07) is 1.20. The van der Waals surface area contributed by atoms with Gasteiger partial charge in [-0.15, -0.1) is 0 Å². The lowest BCUT2D eigenvalue weighted by Gasteiger charge is -2.23. The van der Waals surface area contributed by atoms with Crippen LogP contribution >= 0.6 is 0 Å². The van der Waals surface area contributed by atoms with E-state index in [0.717, 1.165) is 12.8 Å². The largest absolute Gasteiger partial charge is 0.484 e. The number of alkyl halides is 3. The molecule has 2 aromatic rings. The van der Waals surface area contributed by atoms with Crippen molar-refractivity contribution in [2.24, 2.45) is 0 Å². The lowest BCUT2D eigenvalue weighted by Crippen LogP contribution is -2.43. The second kappa shape index (κ2) is 8.04. The molecule has 0 radical (unpaired) electrons. The monoisotopic (exact) mass is 426 g/mol. The maximum Gasteiger partial charge on any atom is 0.422 e. The average molecular weight is 426 g/mol. The molecular formula is C19H21F3N4O4. The molecule has 8 nitrogen and oxygen atoms in total. The summed E-state index contributed by atoms with van der Waals surface area (Å²) in [7, 11) is 1.41. The number of amides is 1. The van der Waals surface area contributed by atoms with Crippen molar-refractivity contribution in [2.45, 2.75) is 50.6 Å². The Morgan fingerprint density at radius 1 is 1.33 bits per heavy atom. The number of ether oxygens (including phenoxy) is 1. The first-order valence-corrected chi connectivity index (χ1v) is 9.29. The number of aryl methyl sites for hydroxylation is 1. The summed E-state index contributed by atoms with van der Waals surface area (Å²) >= 11 is 0. The van der Waals surface area contributed by atoms with E-state index in [2.05, 4.69) is 20.4 Å². The van der Waals surface area contributed by atoms with Gasteiger partial charge in [-0.25, -0.2) is 0 Å². The fourth-order valence-electron chi connectivity index (χ4n) is 3.06. The summed E-state index contributed by atoms with van der Waals surface area (Å²) in [5, 5.41) is 6.22. The summed E-state index contributed by atoms with van der Waals surface area (Å²) in [5.74, 6) is -0.783. The molecule has 1 fully saturated rings. The van der Waals surface area contributed by atoms with Gasteiger partial charge in [0.15, 0.2) is 18.2 Å². The molecule has 1 aliphatic rings. The quantitative estimate of drug-likeness (QED) is 0.647. The Morgan fingerprint density at radius 2 is 2.03 bits per heavy atom. The van der Waals surface area contributed by atoms with Gasteiger partial charge in [0.25, 0.3) is 0 Å². The molecule has 0 aromatic carbocycles. The van der Waals surface area contributed by atoms with Gasteiger partial charge in [0.05, 0.1) is 0 Å². The van der Waals surface area contributed by atoms with Crippen LogP contribution in [-0.2, 0) is 10.2 Å². The number of carbonyl (C=O) groups is 2. The third-order valence-electron chi connectivity index (χ3n) is 4.85. The van der Waals surface area contributed by atoms with Crippen molar-refractivity contribution in [3.8, 4) is 5.75 Å². The van der Waals surface area contributed by atoms with E-state index in [4.69, 9.17) is 9.26 Å². The number of Topliss-reactive ketones (excluding diaryl/α,β-unsaturated/α-hetero) is 1. The number of hydrogen-bond donors (Lipinski definition) is 1. The van der Waals surface area contributed by atoms with E-state index in [1.165, 1.54) is 26.2 Å². The second-order valence-corrected chi connectivity index (χ2v) is 7.43. The predicted molar refractivity (Wildman–Crippen MR) is 97.2 cm³/mol. The van der Waals surface area contributed by atoms with E-state index in [1.54, 1.807) is 6.92 Å². The molecule has 0 bridgehead atoms. The van der Waals surface area contributed by atoms with Crippen LogP contribution in [0.4, 0.5) is 13.2 Å². The van der Waals surface area contributed by atoms with E-state index in [0.29, 0.717) is 5.56 Å². The highest BCUT2D eigenvalue weighted by Gasteiger charge is 2.42. The van der Waals surface area contributed by atoms with Gasteiger partial charge < -0.3 is 14.6 Å². The van der Waals surface area contributed by atoms with Crippen molar-refractivity contribution in [2.75, 3.05) is 13.7 Å². The molecule has 30 heavy (non-hydrogen) atoms. The van der Waals surface area contributed by atoms with Crippen molar-refractivity contribution >= 4 is 11.7 Å². The molecule has 0 saturated heterocycles. The summed E-state index contributed by atoms with van der Waals surface area (Å²) in [5.41, 5.74) is -1.02. The van der Waals surface area contributed by atoms with Crippen molar-refractivity contribution in [3.05, 3.63) is 35.2 Å². The molecule has 2 heterocycles. The van der Waals surface area contributed by atoms with E-state index in [9.17, 15) is 22.8 Å². The third kappa shape index (κ3) is 4.77. The minimum Gasteiger partial charge on any atom is -0.484 e. The van der Waals surface area contributed by atoms with Crippen molar-refractivity contribution in [3.63, 3.8) is 0 Å². The van der Waals surface area contributed by atoms with E-state index in [-0.39, 0.29) is 35.5 Å². The molecule has 2 aromatic heterocycles. The zero-order valence-electron chi connectivity index (χ0n) is 16.7. The van der Waals surface area contributed by atoms with Crippen LogP contribution in [0.25, 0.3) is 0 Å². The Morgan fingerprint density at radius 3 is 2.57 bits per heavy atom. The first-order chi connectivity index (χ1) is 14.0. The standard InChI is InChI=1S/C19H21F3N4O4/c1-10-25-16(26-30-10)18(2,17(28)23-3)7-14(27)13-6-15(29-9-19(20,21)22)12(8-24-13)11-4-5-11/h6,8,11H,4-5,7,9H2,1-3H3,(H,23,28). The smallest absolute Gasteiger partial charge is 0.422 e. The second-order valence-electron chi connectivity index (χ2n) is 7.43. The van der Waals surface area contributed by atoms with Gasteiger partial charge >= 0.3 is 6.18 Å². The number of rotatable bonds is 8. The van der Waals surface area contributed by atoms with Gasteiger partial charge in [0.2, 0.25) is 11.8 Å². The molecule has 11 heteroatoms. The molecule has 1 aliphatic carbocycles. The number of nitrogens with one attached hydrogen (secondary N) is 1. The molecule has 1 atom stereocenters. The zero-order valence-corrected chi connectivity index (χ0v) is 16.7. The molecular weight excluding hydrogens is 405 g/mol. The number of pyridine rings is 1. The SMILES string of the molecule is CNC(=O)C(C)(CC(=O)c1cc(OCC(F)(F)F)c(C2CC2)cn1)c1noc(C)n1.